The fourth-order valence-corrected chi connectivity index (χ4v) is 2.75. The normalized spacial score (nSPS) is 15.9. The van der Waals surface area contributed by atoms with Crippen LogP contribution >= 0.6 is 0 Å². The molecule has 2 rings (SSSR count). The fraction of sp³-hybridized carbons (Fsp3) is 0.625. The molecule has 0 aliphatic heterocycles. The number of pyridine rings is 1. The van der Waals surface area contributed by atoms with Crippen molar-refractivity contribution < 1.29 is 4.79 Å². The van der Waals surface area contributed by atoms with Crippen LogP contribution in [0.3, 0.4) is 0 Å². The second-order valence-corrected chi connectivity index (χ2v) is 5.56. The second kappa shape index (κ2) is 7.27. The first-order chi connectivity index (χ1) is 9.72. The van der Waals surface area contributed by atoms with Gasteiger partial charge in [-0.1, -0.05) is 26.2 Å². The third-order valence-electron chi connectivity index (χ3n) is 4.01. The molecule has 0 radical (unpaired) electrons. The summed E-state index contributed by atoms with van der Waals surface area (Å²) < 4.78 is 0. The van der Waals surface area contributed by atoms with E-state index in [0.717, 1.165) is 37.2 Å². The number of hydrogen-bond acceptors (Lipinski definition) is 3. The lowest BCUT2D eigenvalue weighted by Crippen LogP contribution is -2.38. The monoisotopic (exact) mass is 275 g/mol. The lowest BCUT2D eigenvalue weighted by atomic mass is 9.94. The highest BCUT2D eigenvalue weighted by molar-refractivity contribution is 5.94. The van der Waals surface area contributed by atoms with Gasteiger partial charge >= 0.3 is 0 Å². The maximum atomic E-state index is 12.5. The maximum Gasteiger partial charge on any atom is 0.254 e. The lowest BCUT2D eigenvalue weighted by Gasteiger charge is -2.31. The van der Waals surface area contributed by atoms with Gasteiger partial charge in [-0.15, -0.1) is 0 Å². The van der Waals surface area contributed by atoms with Gasteiger partial charge in [0.15, 0.2) is 0 Å². The number of amides is 1. The molecule has 1 aromatic rings. The average Bonchev–Trinajstić information content (AvgIpc) is 2.52. The van der Waals surface area contributed by atoms with Crippen LogP contribution in [0.25, 0.3) is 0 Å². The molecule has 4 nitrogen and oxygen atoms in total. The number of rotatable bonds is 5. The molecule has 110 valence electrons. The molecule has 0 bridgehead atoms. The summed E-state index contributed by atoms with van der Waals surface area (Å²) in [6.45, 7) is 2.99. The zero-order chi connectivity index (χ0) is 14.4. The van der Waals surface area contributed by atoms with Crippen molar-refractivity contribution in [3.05, 3.63) is 23.9 Å². The first kappa shape index (κ1) is 14.8. The van der Waals surface area contributed by atoms with Gasteiger partial charge < -0.3 is 10.2 Å². The Bertz CT molecular complexity index is 441. The van der Waals surface area contributed by atoms with Crippen LogP contribution in [0.4, 0.5) is 5.82 Å². The van der Waals surface area contributed by atoms with Gasteiger partial charge in [-0.3, -0.25) is 4.79 Å². The summed E-state index contributed by atoms with van der Waals surface area (Å²) >= 11 is 0. The molecule has 1 amide bonds. The highest BCUT2D eigenvalue weighted by atomic mass is 16.2. The Morgan fingerprint density at radius 3 is 2.85 bits per heavy atom. The minimum absolute atomic E-state index is 0.110. The number of hydrogen-bond donors (Lipinski definition) is 1. The molecule has 4 heteroatoms. The molecular formula is C16H25N3O. The lowest BCUT2D eigenvalue weighted by molar-refractivity contribution is 0.0696. The number of aromatic nitrogens is 1. The van der Waals surface area contributed by atoms with Crippen LogP contribution in [0.1, 0.15) is 55.8 Å². The van der Waals surface area contributed by atoms with Crippen LogP contribution in [-0.2, 0) is 0 Å². The first-order valence-corrected chi connectivity index (χ1v) is 7.69. The highest BCUT2D eigenvalue weighted by Gasteiger charge is 2.23. The average molecular weight is 275 g/mol. The summed E-state index contributed by atoms with van der Waals surface area (Å²) in [6.07, 6.45) is 8.80. The van der Waals surface area contributed by atoms with Crippen molar-refractivity contribution in [2.45, 2.75) is 51.5 Å². The van der Waals surface area contributed by atoms with E-state index in [0.29, 0.717) is 6.04 Å². The van der Waals surface area contributed by atoms with Crippen LogP contribution in [0.2, 0.25) is 0 Å². The van der Waals surface area contributed by atoms with E-state index in [-0.39, 0.29) is 5.91 Å². The summed E-state index contributed by atoms with van der Waals surface area (Å²) in [7, 11) is 1.93. The molecule has 0 aromatic carbocycles. The molecule has 20 heavy (non-hydrogen) atoms. The minimum Gasteiger partial charge on any atom is -0.370 e. The fourth-order valence-electron chi connectivity index (χ4n) is 2.75. The van der Waals surface area contributed by atoms with Crippen LogP contribution in [0.15, 0.2) is 18.3 Å². The smallest absolute Gasteiger partial charge is 0.254 e. The third-order valence-corrected chi connectivity index (χ3v) is 4.01. The standard InChI is InChI=1S/C16H25N3O/c1-3-10-17-15-12-13(9-11-18-15)16(20)19(2)14-7-5-4-6-8-14/h9,11-12,14H,3-8,10H2,1-2H3,(H,17,18). The molecule has 1 aromatic heterocycles. The molecule has 0 saturated heterocycles. The van der Waals surface area contributed by atoms with Crippen molar-refractivity contribution in [3.63, 3.8) is 0 Å². The Morgan fingerprint density at radius 1 is 1.40 bits per heavy atom. The van der Waals surface area contributed by atoms with Gasteiger partial charge in [0.1, 0.15) is 5.82 Å². The first-order valence-electron chi connectivity index (χ1n) is 7.69. The third kappa shape index (κ3) is 3.71. The van der Waals surface area contributed by atoms with E-state index in [1.54, 1.807) is 12.3 Å². The minimum atomic E-state index is 0.110. The predicted octanol–water partition coefficient (Wildman–Crippen LogP) is 3.31. The number of anilines is 1. The van der Waals surface area contributed by atoms with E-state index < -0.39 is 0 Å². The van der Waals surface area contributed by atoms with Crippen LogP contribution in [0, 0.1) is 0 Å². The zero-order valence-electron chi connectivity index (χ0n) is 12.6. The van der Waals surface area contributed by atoms with Crippen molar-refractivity contribution in [1.29, 1.82) is 0 Å². The Hall–Kier alpha value is -1.58. The van der Waals surface area contributed by atoms with Crippen molar-refractivity contribution in [1.82, 2.24) is 9.88 Å². The Labute approximate surface area is 121 Å². The summed E-state index contributed by atoms with van der Waals surface area (Å²) in [6, 6.07) is 4.06. The Balaban J connectivity index is 2.03. The van der Waals surface area contributed by atoms with Gasteiger partial charge in [-0.25, -0.2) is 4.98 Å². The van der Waals surface area contributed by atoms with E-state index in [1.807, 2.05) is 18.0 Å². The highest BCUT2D eigenvalue weighted by Crippen LogP contribution is 2.23. The summed E-state index contributed by atoms with van der Waals surface area (Å²) in [5.74, 6) is 0.897. The zero-order valence-corrected chi connectivity index (χ0v) is 12.6. The molecule has 1 fully saturated rings. The number of carbonyl (C=O) groups is 1. The molecule has 1 heterocycles. The Kier molecular flexibility index (Phi) is 5.39. The Morgan fingerprint density at radius 2 is 2.15 bits per heavy atom. The molecule has 1 aliphatic rings. The van der Waals surface area contributed by atoms with E-state index >= 15 is 0 Å². The van der Waals surface area contributed by atoms with E-state index in [9.17, 15) is 4.79 Å². The maximum absolute atomic E-state index is 12.5. The van der Waals surface area contributed by atoms with Crippen molar-refractivity contribution in [3.8, 4) is 0 Å². The van der Waals surface area contributed by atoms with Crippen molar-refractivity contribution in [2.75, 3.05) is 18.9 Å². The van der Waals surface area contributed by atoms with E-state index in [1.165, 1.54) is 19.3 Å². The largest absolute Gasteiger partial charge is 0.370 e. The van der Waals surface area contributed by atoms with E-state index in [2.05, 4.69) is 17.2 Å². The molecule has 0 atom stereocenters. The van der Waals surface area contributed by atoms with Crippen molar-refractivity contribution >= 4 is 11.7 Å². The van der Waals surface area contributed by atoms with Gasteiger partial charge in [0.25, 0.3) is 5.91 Å². The molecule has 0 unspecified atom stereocenters. The van der Waals surface area contributed by atoms with Gasteiger partial charge in [-0.05, 0) is 31.4 Å². The molecule has 0 spiro atoms. The number of nitrogens with zero attached hydrogens (tertiary/aromatic N) is 2. The topological polar surface area (TPSA) is 45.2 Å². The SMILES string of the molecule is CCCNc1cc(C(=O)N(C)C2CCCCC2)ccn1. The predicted molar refractivity (Wildman–Crippen MR) is 82.0 cm³/mol. The number of carbonyl (C=O) groups excluding carboxylic acids is 1. The van der Waals surface area contributed by atoms with Gasteiger partial charge in [-0.2, -0.15) is 0 Å². The van der Waals surface area contributed by atoms with Crippen molar-refractivity contribution in [2.24, 2.45) is 0 Å². The summed E-state index contributed by atoms with van der Waals surface area (Å²) in [5.41, 5.74) is 0.728. The molecular weight excluding hydrogens is 250 g/mol. The summed E-state index contributed by atoms with van der Waals surface area (Å²) in [4.78, 5) is 18.7. The summed E-state index contributed by atoms with van der Waals surface area (Å²) in [5, 5.41) is 3.23. The van der Waals surface area contributed by atoms with E-state index in [4.69, 9.17) is 0 Å². The molecule has 1 N–H and O–H groups in total. The van der Waals surface area contributed by atoms with Crippen LogP contribution in [0.5, 0.6) is 0 Å². The van der Waals surface area contributed by atoms with Crippen LogP contribution in [-0.4, -0.2) is 35.4 Å². The second-order valence-electron chi connectivity index (χ2n) is 5.56. The van der Waals surface area contributed by atoms with Gasteiger partial charge in [0, 0.05) is 31.4 Å². The van der Waals surface area contributed by atoms with Crippen LogP contribution < -0.4 is 5.32 Å². The van der Waals surface area contributed by atoms with Gasteiger partial charge in [0.2, 0.25) is 0 Å². The quantitative estimate of drug-likeness (QED) is 0.896. The number of nitrogens with one attached hydrogen (secondary N) is 1. The molecule has 1 saturated carbocycles. The molecule has 1 aliphatic carbocycles. The van der Waals surface area contributed by atoms with Gasteiger partial charge in [0.05, 0.1) is 0 Å².